The van der Waals surface area contributed by atoms with E-state index in [9.17, 15) is 13.2 Å². The standard InChI is InChI=1S/C21H26N2O5S/c1-14(15-8-10-19(27-2)20(13-15)28-3)22-21(24)17-7-9-18-16(12-17)6-5-11-23(18)29(4,25)26/h7-10,12-14H,5-6,11H2,1-4H3,(H,22,24). The van der Waals surface area contributed by atoms with Gasteiger partial charge in [-0.1, -0.05) is 6.07 Å². The zero-order valence-corrected chi connectivity index (χ0v) is 17.9. The molecule has 1 atom stereocenters. The van der Waals surface area contributed by atoms with E-state index in [1.807, 2.05) is 19.1 Å². The number of sulfonamides is 1. The highest BCUT2D eigenvalue weighted by molar-refractivity contribution is 7.92. The van der Waals surface area contributed by atoms with E-state index < -0.39 is 10.0 Å². The SMILES string of the molecule is COc1ccc(C(C)NC(=O)c2ccc3c(c2)CCCN3S(C)(=O)=O)cc1OC. The van der Waals surface area contributed by atoms with Gasteiger partial charge in [-0.05, 0) is 61.2 Å². The molecular formula is C21H26N2O5S. The molecule has 0 saturated carbocycles. The first kappa shape index (κ1) is 21.0. The third kappa shape index (κ3) is 4.48. The molecule has 1 N–H and O–H groups in total. The summed E-state index contributed by atoms with van der Waals surface area (Å²) in [5.74, 6) is 1.01. The molecule has 29 heavy (non-hydrogen) atoms. The molecule has 3 rings (SSSR count). The zero-order chi connectivity index (χ0) is 21.2. The van der Waals surface area contributed by atoms with Crippen LogP contribution in [0.3, 0.4) is 0 Å². The summed E-state index contributed by atoms with van der Waals surface area (Å²) in [5, 5.41) is 2.98. The predicted molar refractivity (Wildman–Crippen MR) is 112 cm³/mol. The molecule has 0 spiro atoms. The number of carbonyl (C=O) groups excluding carboxylic acids is 1. The number of nitrogens with zero attached hydrogens (tertiary/aromatic N) is 1. The minimum absolute atomic E-state index is 0.216. The number of carbonyl (C=O) groups is 1. The van der Waals surface area contributed by atoms with Gasteiger partial charge >= 0.3 is 0 Å². The maximum Gasteiger partial charge on any atom is 0.251 e. The quantitative estimate of drug-likeness (QED) is 0.780. The van der Waals surface area contributed by atoms with Gasteiger partial charge in [-0.2, -0.15) is 0 Å². The van der Waals surface area contributed by atoms with Gasteiger partial charge in [0.25, 0.3) is 5.91 Å². The Morgan fingerprint density at radius 1 is 1.10 bits per heavy atom. The fraction of sp³-hybridized carbons (Fsp3) is 0.381. The highest BCUT2D eigenvalue weighted by Gasteiger charge is 2.25. The van der Waals surface area contributed by atoms with Crippen LogP contribution >= 0.6 is 0 Å². The first-order valence-electron chi connectivity index (χ1n) is 9.38. The van der Waals surface area contributed by atoms with Crippen LogP contribution < -0.4 is 19.1 Å². The van der Waals surface area contributed by atoms with Crippen molar-refractivity contribution in [2.24, 2.45) is 0 Å². The van der Waals surface area contributed by atoms with E-state index in [0.29, 0.717) is 29.3 Å². The zero-order valence-electron chi connectivity index (χ0n) is 17.1. The molecule has 1 amide bonds. The lowest BCUT2D eigenvalue weighted by Crippen LogP contribution is -2.35. The van der Waals surface area contributed by atoms with Crippen LogP contribution in [-0.2, 0) is 16.4 Å². The molecule has 0 radical (unpaired) electrons. The lowest BCUT2D eigenvalue weighted by atomic mass is 10.00. The molecule has 1 aliphatic rings. The smallest absolute Gasteiger partial charge is 0.251 e. The highest BCUT2D eigenvalue weighted by Crippen LogP contribution is 2.31. The average molecular weight is 419 g/mol. The molecule has 1 heterocycles. The van der Waals surface area contributed by atoms with Crippen LogP contribution in [0.25, 0.3) is 0 Å². The number of aryl methyl sites for hydroxylation is 1. The van der Waals surface area contributed by atoms with Crippen molar-refractivity contribution < 1.29 is 22.7 Å². The van der Waals surface area contributed by atoms with Crippen LogP contribution in [0, 0.1) is 0 Å². The van der Waals surface area contributed by atoms with Gasteiger partial charge in [-0.3, -0.25) is 9.10 Å². The third-order valence-electron chi connectivity index (χ3n) is 5.07. The van der Waals surface area contributed by atoms with E-state index in [0.717, 1.165) is 24.0 Å². The van der Waals surface area contributed by atoms with Gasteiger partial charge in [-0.15, -0.1) is 0 Å². The normalized spacial score (nSPS) is 14.7. The Morgan fingerprint density at radius 3 is 2.48 bits per heavy atom. The summed E-state index contributed by atoms with van der Waals surface area (Å²) >= 11 is 0. The van der Waals surface area contributed by atoms with Gasteiger partial charge in [0.2, 0.25) is 10.0 Å². The van der Waals surface area contributed by atoms with Crippen LogP contribution in [0.2, 0.25) is 0 Å². The number of hydrogen-bond donors (Lipinski definition) is 1. The van der Waals surface area contributed by atoms with Crippen molar-refractivity contribution in [3.8, 4) is 11.5 Å². The number of ether oxygens (including phenoxy) is 2. The molecule has 1 aliphatic heterocycles. The van der Waals surface area contributed by atoms with E-state index in [2.05, 4.69) is 5.32 Å². The maximum absolute atomic E-state index is 12.8. The summed E-state index contributed by atoms with van der Waals surface area (Å²) < 4.78 is 36.0. The molecule has 0 saturated heterocycles. The summed E-state index contributed by atoms with van der Waals surface area (Å²) in [5.41, 5.74) is 2.92. The largest absolute Gasteiger partial charge is 0.493 e. The Labute approximate surface area is 171 Å². The second kappa shape index (κ2) is 8.32. The van der Waals surface area contributed by atoms with Gasteiger partial charge in [0.05, 0.1) is 32.2 Å². The van der Waals surface area contributed by atoms with Gasteiger partial charge < -0.3 is 14.8 Å². The summed E-state index contributed by atoms with van der Waals surface area (Å²) in [7, 11) is -0.189. The van der Waals surface area contributed by atoms with Crippen LogP contribution in [-0.4, -0.2) is 41.3 Å². The molecule has 2 aromatic carbocycles. The van der Waals surface area contributed by atoms with E-state index >= 15 is 0 Å². The van der Waals surface area contributed by atoms with Gasteiger partial charge in [0, 0.05) is 12.1 Å². The number of anilines is 1. The molecule has 7 nitrogen and oxygen atoms in total. The summed E-state index contributed by atoms with van der Waals surface area (Å²) in [6.07, 6.45) is 2.68. The predicted octanol–water partition coefficient (Wildman–Crippen LogP) is 2.91. The number of rotatable bonds is 6. The summed E-state index contributed by atoms with van der Waals surface area (Å²) in [6.45, 7) is 2.36. The Bertz CT molecular complexity index is 1020. The Hall–Kier alpha value is -2.74. The lowest BCUT2D eigenvalue weighted by Gasteiger charge is -2.29. The van der Waals surface area contributed by atoms with Crippen LogP contribution in [0.1, 0.15) is 40.9 Å². The van der Waals surface area contributed by atoms with Gasteiger partial charge in [0.15, 0.2) is 11.5 Å². The number of amides is 1. The number of hydrogen-bond acceptors (Lipinski definition) is 5. The second-order valence-corrected chi connectivity index (χ2v) is 9.00. The molecule has 8 heteroatoms. The van der Waals surface area contributed by atoms with E-state index in [4.69, 9.17) is 9.47 Å². The molecule has 0 aromatic heterocycles. The number of nitrogens with one attached hydrogen (secondary N) is 1. The Balaban J connectivity index is 1.79. The van der Waals surface area contributed by atoms with E-state index in [1.54, 1.807) is 38.5 Å². The molecular weight excluding hydrogens is 392 g/mol. The van der Waals surface area contributed by atoms with Crippen molar-refractivity contribution in [2.45, 2.75) is 25.8 Å². The number of methoxy groups -OCH3 is 2. The maximum atomic E-state index is 12.8. The Kier molecular flexibility index (Phi) is 6.02. The summed E-state index contributed by atoms with van der Waals surface area (Å²) in [6, 6.07) is 10.4. The van der Waals surface area contributed by atoms with Crippen molar-refractivity contribution in [3.63, 3.8) is 0 Å². The van der Waals surface area contributed by atoms with Crippen molar-refractivity contribution >= 4 is 21.6 Å². The fourth-order valence-corrected chi connectivity index (χ4v) is 4.53. The second-order valence-electron chi connectivity index (χ2n) is 7.09. The minimum atomic E-state index is -3.33. The molecule has 0 fully saturated rings. The van der Waals surface area contributed by atoms with E-state index in [-0.39, 0.29) is 11.9 Å². The van der Waals surface area contributed by atoms with Crippen LogP contribution in [0.5, 0.6) is 11.5 Å². The topological polar surface area (TPSA) is 84.9 Å². The number of fused-ring (bicyclic) bond motifs is 1. The minimum Gasteiger partial charge on any atom is -0.493 e. The van der Waals surface area contributed by atoms with E-state index in [1.165, 1.54) is 10.6 Å². The van der Waals surface area contributed by atoms with Crippen molar-refractivity contribution in [2.75, 3.05) is 31.3 Å². The average Bonchev–Trinajstić information content (AvgIpc) is 2.71. The van der Waals surface area contributed by atoms with Gasteiger partial charge in [0.1, 0.15) is 0 Å². The van der Waals surface area contributed by atoms with Crippen LogP contribution in [0.4, 0.5) is 5.69 Å². The Morgan fingerprint density at radius 2 is 1.83 bits per heavy atom. The summed E-state index contributed by atoms with van der Waals surface area (Å²) in [4.78, 5) is 12.8. The van der Waals surface area contributed by atoms with Crippen molar-refractivity contribution in [1.82, 2.24) is 5.32 Å². The first-order valence-corrected chi connectivity index (χ1v) is 11.2. The molecule has 2 aromatic rings. The third-order valence-corrected chi connectivity index (χ3v) is 6.25. The molecule has 1 unspecified atom stereocenters. The fourth-order valence-electron chi connectivity index (χ4n) is 3.53. The molecule has 0 bridgehead atoms. The lowest BCUT2D eigenvalue weighted by molar-refractivity contribution is 0.0939. The molecule has 0 aliphatic carbocycles. The first-order chi connectivity index (χ1) is 13.7. The van der Waals surface area contributed by atoms with Gasteiger partial charge in [-0.25, -0.2) is 8.42 Å². The number of benzene rings is 2. The monoisotopic (exact) mass is 418 g/mol. The van der Waals surface area contributed by atoms with Crippen molar-refractivity contribution in [1.29, 1.82) is 0 Å². The highest BCUT2D eigenvalue weighted by atomic mass is 32.2. The molecule has 156 valence electrons. The van der Waals surface area contributed by atoms with Crippen LogP contribution in [0.15, 0.2) is 36.4 Å². The van der Waals surface area contributed by atoms with Crippen molar-refractivity contribution in [3.05, 3.63) is 53.1 Å².